The Labute approximate surface area is 170 Å². The molecule has 11 heteroatoms. The van der Waals surface area contributed by atoms with Crippen LogP contribution in [0.2, 0.25) is 0 Å². The average molecular weight is 497 g/mol. The highest BCUT2D eigenvalue weighted by Crippen LogP contribution is 2.16. The van der Waals surface area contributed by atoms with Crippen LogP contribution in [0.15, 0.2) is 34.2 Å². The number of guanidine groups is 1. The van der Waals surface area contributed by atoms with Gasteiger partial charge in [-0.1, -0.05) is 6.07 Å². The quantitative estimate of drug-likeness (QED) is 0.148. The number of nitro benzene ring substituents is 1. The highest BCUT2D eigenvalue weighted by Gasteiger charge is 2.18. The third kappa shape index (κ3) is 6.36. The maximum Gasteiger partial charge on any atom is 0.270 e. The van der Waals surface area contributed by atoms with Crippen LogP contribution in [0.25, 0.3) is 0 Å². The third-order valence-electron chi connectivity index (χ3n) is 3.74. The van der Waals surface area contributed by atoms with Crippen molar-refractivity contribution in [2.45, 2.75) is 24.7 Å². The molecule has 2 N–H and O–H groups in total. The summed E-state index contributed by atoms with van der Waals surface area (Å²) in [6, 6.07) is 4.97. The zero-order chi connectivity index (χ0) is 18.3. The van der Waals surface area contributed by atoms with Gasteiger partial charge in [-0.15, -0.1) is 24.0 Å². The van der Waals surface area contributed by atoms with Crippen molar-refractivity contribution in [2.75, 3.05) is 32.7 Å². The lowest BCUT2D eigenvalue weighted by Gasteiger charge is -2.20. The Morgan fingerprint density at radius 3 is 2.65 bits per heavy atom. The zero-order valence-corrected chi connectivity index (χ0v) is 17.7. The summed E-state index contributed by atoms with van der Waals surface area (Å²) in [5.74, 6) is 0.787. The Morgan fingerprint density at radius 2 is 2.04 bits per heavy atom. The monoisotopic (exact) mass is 497 g/mol. The lowest BCUT2D eigenvalue weighted by Crippen LogP contribution is -2.40. The van der Waals surface area contributed by atoms with E-state index in [0.717, 1.165) is 44.5 Å². The first-order chi connectivity index (χ1) is 11.9. The standard InChI is InChI=1S/C15H23N5O4S.HI/c1-2-16-15(19-10-3-4-11-19)17-8-9-18-25(23,24)14-7-5-6-13(12-14)20(21)22;/h5-7,12,18H,2-4,8-11H2,1H3,(H,16,17);1H. The molecule has 9 nitrogen and oxygen atoms in total. The fourth-order valence-electron chi connectivity index (χ4n) is 2.54. The summed E-state index contributed by atoms with van der Waals surface area (Å²) in [4.78, 5) is 16.6. The molecule has 1 saturated heterocycles. The number of hydrogen-bond donors (Lipinski definition) is 2. The fraction of sp³-hybridized carbons (Fsp3) is 0.533. The van der Waals surface area contributed by atoms with E-state index >= 15 is 0 Å². The number of benzene rings is 1. The van der Waals surface area contributed by atoms with Gasteiger partial charge >= 0.3 is 0 Å². The van der Waals surface area contributed by atoms with E-state index in [1.165, 1.54) is 18.2 Å². The van der Waals surface area contributed by atoms with Crippen LogP contribution in [0.4, 0.5) is 5.69 Å². The molecular weight excluding hydrogens is 473 g/mol. The van der Waals surface area contributed by atoms with Crippen LogP contribution in [0.1, 0.15) is 19.8 Å². The molecule has 0 unspecified atom stereocenters. The molecule has 0 atom stereocenters. The van der Waals surface area contributed by atoms with E-state index in [-0.39, 0.29) is 47.6 Å². The Balaban J connectivity index is 0.00000338. The first-order valence-electron chi connectivity index (χ1n) is 8.21. The average Bonchev–Trinajstić information content (AvgIpc) is 3.12. The van der Waals surface area contributed by atoms with Crippen LogP contribution < -0.4 is 10.0 Å². The third-order valence-corrected chi connectivity index (χ3v) is 5.20. The van der Waals surface area contributed by atoms with Gasteiger partial charge in [0.05, 0.1) is 16.4 Å². The lowest BCUT2D eigenvalue weighted by atomic mass is 10.3. The first-order valence-corrected chi connectivity index (χ1v) is 9.69. The summed E-state index contributed by atoms with van der Waals surface area (Å²) in [5, 5.41) is 14.0. The van der Waals surface area contributed by atoms with Gasteiger partial charge in [-0.25, -0.2) is 13.1 Å². The second-order valence-corrected chi connectivity index (χ2v) is 7.35. The smallest absolute Gasteiger partial charge is 0.270 e. The van der Waals surface area contributed by atoms with Crippen molar-refractivity contribution in [2.24, 2.45) is 4.99 Å². The number of nitrogens with one attached hydrogen (secondary N) is 2. The number of rotatable bonds is 7. The van der Waals surface area contributed by atoms with E-state index in [1.807, 2.05) is 6.92 Å². The minimum Gasteiger partial charge on any atom is -0.357 e. The van der Waals surface area contributed by atoms with Crippen molar-refractivity contribution in [1.29, 1.82) is 0 Å². The molecule has 1 aromatic carbocycles. The summed E-state index contributed by atoms with van der Waals surface area (Å²) in [6.45, 7) is 5.03. The van der Waals surface area contributed by atoms with Crippen molar-refractivity contribution in [3.63, 3.8) is 0 Å². The molecule has 1 aliphatic heterocycles. The molecule has 1 fully saturated rings. The van der Waals surface area contributed by atoms with Crippen LogP contribution in [-0.4, -0.2) is 56.9 Å². The second kappa shape index (κ2) is 10.6. The van der Waals surface area contributed by atoms with Crippen LogP contribution in [-0.2, 0) is 10.0 Å². The minimum absolute atomic E-state index is 0. The van der Waals surface area contributed by atoms with Gasteiger partial charge in [0.25, 0.3) is 5.69 Å². The van der Waals surface area contributed by atoms with E-state index in [0.29, 0.717) is 0 Å². The van der Waals surface area contributed by atoms with Gasteiger partial charge in [0.1, 0.15) is 0 Å². The number of nitro groups is 1. The number of nitrogens with zero attached hydrogens (tertiary/aromatic N) is 3. The van der Waals surface area contributed by atoms with E-state index < -0.39 is 14.9 Å². The molecule has 26 heavy (non-hydrogen) atoms. The van der Waals surface area contributed by atoms with Crippen molar-refractivity contribution >= 4 is 45.6 Å². The van der Waals surface area contributed by atoms with Crippen molar-refractivity contribution < 1.29 is 13.3 Å². The highest BCUT2D eigenvalue weighted by atomic mass is 127. The Bertz CT molecular complexity index is 735. The number of non-ortho nitro benzene ring substituents is 1. The zero-order valence-electron chi connectivity index (χ0n) is 14.6. The van der Waals surface area contributed by atoms with Crippen molar-refractivity contribution in [3.05, 3.63) is 34.4 Å². The van der Waals surface area contributed by atoms with Crippen molar-refractivity contribution in [1.82, 2.24) is 14.9 Å². The molecule has 146 valence electrons. The van der Waals surface area contributed by atoms with Crippen LogP contribution in [0.3, 0.4) is 0 Å². The van der Waals surface area contributed by atoms with Gasteiger partial charge in [-0.3, -0.25) is 15.1 Å². The van der Waals surface area contributed by atoms with E-state index in [2.05, 4.69) is 19.9 Å². The van der Waals surface area contributed by atoms with Gasteiger partial charge in [0.15, 0.2) is 5.96 Å². The topological polar surface area (TPSA) is 117 Å². The maximum absolute atomic E-state index is 12.2. The molecule has 1 aromatic rings. The SMILES string of the molecule is CCNC(=NCCNS(=O)(=O)c1cccc([N+](=O)[O-])c1)N1CCCC1.I. The fourth-order valence-corrected chi connectivity index (χ4v) is 3.60. The number of likely N-dealkylation sites (tertiary alicyclic amines) is 1. The Morgan fingerprint density at radius 1 is 1.35 bits per heavy atom. The summed E-state index contributed by atoms with van der Waals surface area (Å²) in [7, 11) is -3.80. The predicted molar refractivity (Wildman–Crippen MR) is 110 cm³/mol. The molecule has 0 saturated carbocycles. The molecule has 0 aromatic heterocycles. The normalized spacial score (nSPS) is 14.8. The molecule has 0 spiro atoms. The van der Waals surface area contributed by atoms with Gasteiger partial charge in [-0.05, 0) is 25.8 Å². The predicted octanol–water partition coefficient (Wildman–Crippen LogP) is 1.55. The van der Waals surface area contributed by atoms with Gasteiger partial charge in [0.2, 0.25) is 10.0 Å². The van der Waals surface area contributed by atoms with E-state index in [4.69, 9.17) is 0 Å². The molecule has 0 aliphatic carbocycles. The largest absolute Gasteiger partial charge is 0.357 e. The summed E-state index contributed by atoms with van der Waals surface area (Å²) < 4.78 is 26.9. The van der Waals surface area contributed by atoms with Gasteiger partial charge in [0, 0.05) is 38.3 Å². The molecule has 1 heterocycles. The summed E-state index contributed by atoms with van der Waals surface area (Å²) in [6.07, 6.45) is 2.26. The van der Waals surface area contributed by atoms with Crippen LogP contribution >= 0.6 is 24.0 Å². The Hall–Kier alpha value is -1.47. The van der Waals surface area contributed by atoms with Gasteiger partial charge in [-0.2, -0.15) is 0 Å². The summed E-state index contributed by atoms with van der Waals surface area (Å²) >= 11 is 0. The van der Waals surface area contributed by atoms with Crippen LogP contribution in [0, 0.1) is 10.1 Å². The number of aliphatic imine (C=N–C) groups is 1. The highest BCUT2D eigenvalue weighted by molar-refractivity contribution is 14.0. The van der Waals surface area contributed by atoms with Crippen LogP contribution in [0.5, 0.6) is 0 Å². The molecule has 1 aliphatic rings. The minimum atomic E-state index is -3.80. The molecule has 0 amide bonds. The van der Waals surface area contributed by atoms with E-state index in [9.17, 15) is 18.5 Å². The number of sulfonamides is 1. The molecule has 0 radical (unpaired) electrons. The number of halogens is 1. The lowest BCUT2D eigenvalue weighted by molar-refractivity contribution is -0.385. The molecule has 0 bridgehead atoms. The Kier molecular flexibility index (Phi) is 9.22. The van der Waals surface area contributed by atoms with Gasteiger partial charge < -0.3 is 10.2 Å². The first kappa shape index (κ1) is 22.6. The second-order valence-electron chi connectivity index (χ2n) is 5.58. The maximum atomic E-state index is 12.2. The molecule has 2 rings (SSSR count). The van der Waals surface area contributed by atoms with Crippen molar-refractivity contribution in [3.8, 4) is 0 Å². The summed E-state index contributed by atoms with van der Waals surface area (Å²) in [5.41, 5.74) is -0.260. The molecular formula is C15H24IN5O4S. The number of hydrogen-bond acceptors (Lipinski definition) is 5. The van der Waals surface area contributed by atoms with E-state index in [1.54, 1.807) is 0 Å².